The molecule has 0 unspecified atom stereocenters. The first kappa shape index (κ1) is 16.9. The lowest BCUT2D eigenvalue weighted by atomic mass is 10.2. The zero-order valence-corrected chi connectivity index (χ0v) is 13.1. The molecule has 8 nitrogen and oxygen atoms in total. The minimum atomic E-state index is -4.03. The first-order chi connectivity index (χ1) is 10.8. The molecule has 0 aromatic heterocycles. The van der Waals surface area contributed by atoms with Gasteiger partial charge in [0, 0.05) is 11.1 Å². The standard InChI is InChI=1S/C13H11ClN4O4S/c14-10-3-1-9(2-4-10)8-16-17-12-6-5-11(23(15,21)22)7-13(12)18(19)20/h1-8,17H,(H2,15,21,22). The zero-order valence-electron chi connectivity index (χ0n) is 11.5. The fraction of sp³-hybridized carbons (Fsp3) is 0. The summed E-state index contributed by atoms with van der Waals surface area (Å²) in [7, 11) is -4.03. The maximum atomic E-state index is 11.2. The van der Waals surface area contributed by atoms with Crippen molar-refractivity contribution in [1.82, 2.24) is 0 Å². The number of nitrogens with two attached hydrogens (primary N) is 1. The van der Waals surface area contributed by atoms with Crippen LogP contribution in [0.3, 0.4) is 0 Å². The second-order valence-corrected chi connectivity index (χ2v) is 6.40. The molecule has 0 saturated carbocycles. The molecule has 2 aromatic rings. The summed E-state index contributed by atoms with van der Waals surface area (Å²) in [5, 5.41) is 20.4. The highest BCUT2D eigenvalue weighted by atomic mass is 35.5. The van der Waals surface area contributed by atoms with Gasteiger partial charge in [-0.1, -0.05) is 23.7 Å². The molecule has 0 aliphatic rings. The van der Waals surface area contributed by atoms with Crippen LogP contribution in [-0.4, -0.2) is 19.6 Å². The Hall–Kier alpha value is -2.49. The summed E-state index contributed by atoms with van der Waals surface area (Å²) >= 11 is 5.75. The van der Waals surface area contributed by atoms with Gasteiger partial charge in [-0.25, -0.2) is 13.6 Å². The van der Waals surface area contributed by atoms with Crippen molar-refractivity contribution in [3.63, 3.8) is 0 Å². The number of benzene rings is 2. The largest absolute Gasteiger partial charge is 0.295 e. The Morgan fingerprint density at radius 3 is 2.43 bits per heavy atom. The number of sulfonamides is 1. The molecule has 0 saturated heterocycles. The molecule has 10 heteroatoms. The lowest BCUT2D eigenvalue weighted by molar-refractivity contribution is -0.384. The molecule has 2 rings (SSSR count). The number of nitro groups is 1. The number of hydrazone groups is 1. The van der Waals surface area contributed by atoms with E-state index in [0.717, 1.165) is 17.7 Å². The minimum absolute atomic E-state index is 0.0348. The summed E-state index contributed by atoms with van der Waals surface area (Å²) in [6.07, 6.45) is 1.44. The molecular weight excluding hydrogens is 344 g/mol. The van der Waals surface area contributed by atoms with E-state index in [-0.39, 0.29) is 10.6 Å². The topological polar surface area (TPSA) is 128 Å². The zero-order chi connectivity index (χ0) is 17.0. The molecule has 23 heavy (non-hydrogen) atoms. The minimum Gasteiger partial charge on any atom is -0.272 e. The SMILES string of the molecule is NS(=O)(=O)c1ccc(NN=Cc2ccc(Cl)cc2)c([N+](=O)[O-])c1. The van der Waals surface area contributed by atoms with Gasteiger partial charge in [0.15, 0.2) is 0 Å². The van der Waals surface area contributed by atoms with Crippen molar-refractivity contribution in [3.05, 3.63) is 63.2 Å². The quantitative estimate of drug-likeness (QED) is 0.484. The fourth-order valence-electron chi connectivity index (χ4n) is 1.66. The number of hydrogen-bond donors (Lipinski definition) is 2. The number of nitrogens with zero attached hydrogens (tertiary/aromatic N) is 2. The van der Waals surface area contributed by atoms with Gasteiger partial charge in [0.1, 0.15) is 5.69 Å². The Labute approximate surface area is 136 Å². The van der Waals surface area contributed by atoms with Gasteiger partial charge in [-0.2, -0.15) is 5.10 Å². The van der Waals surface area contributed by atoms with Gasteiger partial charge >= 0.3 is 0 Å². The molecule has 0 atom stereocenters. The normalized spacial score (nSPS) is 11.6. The lowest BCUT2D eigenvalue weighted by Crippen LogP contribution is -2.12. The average molecular weight is 355 g/mol. The third kappa shape index (κ3) is 4.49. The van der Waals surface area contributed by atoms with E-state index in [1.54, 1.807) is 24.3 Å². The van der Waals surface area contributed by atoms with Crippen molar-refractivity contribution in [2.24, 2.45) is 10.2 Å². The summed E-state index contributed by atoms with van der Waals surface area (Å²) in [6, 6.07) is 10.0. The summed E-state index contributed by atoms with van der Waals surface area (Å²) in [5.74, 6) is 0. The number of primary sulfonamides is 1. The Bertz CT molecular complexity index is 866. The molecule has 120 valence electrons. The molecule has 0 radical (unpaired) electrons. The number of anilines is 1. The van der Waals surface area contributed by atoms with E-state index in [1.165, 1.54) is 12.3 Å². The Morgan fingerprint density at radius 1 is 1.22 bits per heavy atom. The van der Waals surface area contributed by atoms with Crippen molar-refractivity contribution < 1.29 is 13.3 Å². The van der Waals surface area contributed by atoms with Gasteiger partial charge in [-0.05, 0) is 29.8 Å². The van der Waals surface area contributed by atoms with Crippen molar-refractivity contribution in [2.45, 2.75) is 4.90 Å². The number of halogens is 1. The van der Waals surface area contributed by atoms with Crippen LogP contribution >= 0.6 is 11.6 Å². The number of rotatable bonds is 5. The highest BCUT2D eigenvalue weighted by Crippen LogP contribution is 2.27. The molecule has 0 amide bonds. The van der Waals surface area contributed by atoms with E-state index in [1.807, 2.05) is 0 Å². The van der Waals surface area contributed by atoms with Crippen LogP contribution in [0.15, 0.2) is 52.5 Å². The average Bonchev–Trinajstić information content (AvgIpc) is 2.48. The van der Waals surface area contributed by atoms with Crippen LogP contribution in [0.5, 0.6) is 0 Å². The Kier molecular flexibility index (Phi) is 4.94. The van der Waals surface area contributed by atoms with Crippen molar-refractivity contribution in [3.8, 4) is 0 Å². The van der Waals surface area contributed by atoms with E-state index < -0.39 is 20.6 Å². The van der Waals surface area contributed by atoms with Crippen molar-refractivity contribution in [1.29, 1.82) is 0 Å². The van der Waals surface area contributed by atoms with Crippen molar-refractivity contribution in [2.75, 3.05) is 5.43 Å². The van der Waals surface area contributed by atoms with Crippen molar-refractivity contribution >= 4 is 39.2 Å². The second-order valence-electron chi connectivity index (χ2n) is 4.40. The number of nitrogens with one attached hydrogen (secondary N) is 1. The molecule has 2 aromatic carbocycles. The van der Waals surface area contributed by atoms with Gasteiger partial charge in [0.25, 0.3) is 5.69 Å². The second kappa shape index (κ2) is 6.73. The van der Waals surface area contributed by atoms with Crippen LogP contribution in [0.2, 0.25) is 5.02 Å². The smallest absolute Gasteiger partial charge is 0.272 e. The molecule has 0 aliphatic heterocycles. The summed E-state index contributed by atoms with van der Waals surface area (Å²) in [5.41, 5.74) is 2.80. The van der Waals surface area contributed by atoms with E-state index in [9.17, 15) is 18.5 Å². The summed E-state index contributed by atoms with van der Waals surface area (Å²) in [4.78, 5) is 9.96. The van der Waals surface area contributed by atoms with Crippen LogP contribution < -0.4 is 10.6 Å². The predicted molar refractivity (Wildman–Crippen MR) is 87.1 cm³/mol. The van der Waals surface area contributed by atoms with Crippen LogP contribution in [0, 0.1) is 10.1 Å². The van der Waals surface area contributed by atoms with E-state index in [0.29, 0.717) is 5.02 Å². The maximum absolute atomic E-state index is 11.2. The van der Waals surface area contributed by atoms with Gasteiger partial charge in [-0.3, -0.25) is 15.5 Å². The molecule has 0 aliphatic carbocycles. The highest BCUT2D eigenvalue weighted by molar-refractivity contribution is 7.89. The van der Waals surface area contributed by atoms with Crippen LogP contribution in [0.25, 0.3) is 0 Å². The van der Waals surface area contributed by atoms with E-state index in [4.69, 9.17) is 16.7 Å². The summed E-state index contributed by atoms with van der Waals surface area (Å²) in [6.45, 7) is 0. The van der Waals surface area contributed by atoms with Crippen LogP contribution in [-0.2, 0) is 10.0 Å². The predicted octanol–water partition coefficient (Wildman–Crippen LogP) is 2.34. The molecule has 0 bridgehead atoms. The van der Waals surface area contributed by atoms with Gasteiger partial charge in [-0.15, -0.1) is 0 Å². The van der Waals surface area contributed by atoms with E-state index >= 15 is 0 Å². The summed E-state index contributed by atoms with van der Waals surface area (Å²) < 4.78 is 22.5. The van der Waals surface area contributed by atoms with Gasteiger partial charge in [0.2, 0.25) is 10.0 Å². The van der Waals surface area contributed by atoms with Gasteiger partial charge in [0.05, 0.1) is 16.0 Å². The first-order valence-electron chi connectivity index (χ1n) is 6.13. The van der Waals surface area contributed by atoms with Crippen LogP contribution in [0.1, 0.15) is 5.56 Å². The third-order valence-corrected chi connectivity index (χ3v) is 3.93. The van der Waals surface area contributed by atoms with Crippen LogP contribution in [0.4, 0.5) is 11.4 Å². The van der Waals surface area contributed by atoms with Gasteiger partial charge < -0.3 is 0 Å². The first-order valence-corrected chi connectivity index (χ1v) is 8.06. The molecule has 3 N–H and O–H groups in total. The molecular formula is C13H11ClN4O4S. The van der Waals surface area contributed by atoms with E-state index in [2.05, 4.69) is 10.5 Å². The fourth-order valence-corrected chi connectivity index (χ4v) is 2.32. The monoisotopic (exact) mass is 354 g/mol. The third-order valence-electron chi connectivity index (χ3n) is 2.76. The molecule has 0 fully saturated rings. The Balaban J connectivity index is 2.25. The number of nitro benzene ring substituents is 1. The number of hydrogen-bond acceptors (Lipinski definition) is 6. The highest BCUT2D eigenvalue weighted by Gasteiger charge is 2.18. The lowest BCUT2D eigenvalue weighted by Gasteiger charge is -2.04. The maximum Gasteiger partial charge on any atom is 0.295 e. The Morgan fingerprint density at radius 2 is 1.87 bits per heavy atom. The molecule has 0 spiro atoms. The molecule has 0 heterocycles.